The van der Waals surface area contributed by atoms with Crippen molar-refractivity contribution in [2.75, 3.05) is 52.8 Å². The number of anilines is 1. The highest BCUT2D eigenvalue weighted by Gasteiger charge is 2.29. The number of methoxy groups -OCH3 is 1. The highest BCUT2D eigenvalue weighted by molar-refractivity contribution is 5.97. The molecule has 0 radical (unpaired) electrons. The first kappa shape index (κ1) is 55.3. The molecular formula is C48H59N7O12. The zero-order chi connectivity index (χ0) is 49.6. The van der Waals surface area contributed by atoms with Gasteiger partial charge >= 0.3 is 12.2 Å². The molecule has 0 fully saturated rings. The number of carbonyl (C=O) groups is 6. The van der Waals surface area contributed by atoms with Crippen molar-refractivity contribution in [2.45, 2.75) is 58.2 Å². The summed E-state index contributed by atoms with van der Waals surface area (Å²) in [5, 5.41) is 21.9. The lowest BCUT2D eigenvalue weighted by Gasteiger charge is -2.20. The fraction of sp³-hybridized carbons (Fsp3) is 0.333. The number of benzene rings is 4. The number of hydrogen-bond donors (Lipinski definition) is 5. The number of nitrogens with one attached hydrogen (secondary N) is 4. The number of rotatable bonds is 19. The van der Waals surface area contributed by atoms with Crippen LogP contribution < -0.4 is 31.7 Å². The van der Waals surface area contributed by atoms with Gasteiger partial charge in [-0.25, -0.2) is 9.59 Å². The SMILES string of the molecule is C#CCOC.CCC.CNCCCC(NC(=O)CNC(=O)OCC1c2ccccc2-c2ccccc21)C(=O)Nc1ccc(COC(=O)Oc2ccc([N+](=O)[O-])cc2)c(CN(C)C=O)c1.NC=O. The number of primary amides is 1. The van der Waals surface area contributed by atoms with Gasteiger partial charge in [0.05, 0.1) is 4.92 Å². The van der Waals surface area contributed by atoms with Crippen molar-refractivity contribution in [3.8, 4) is 29.2 Å². The average Bonchev–Trinajstić information content (AvgIpc) is 3.64. The van der Waals surface area contributed by atoms with Crippen LogP contribution in [0.15, 0.2) is 91.0 Å². The van der Waals surface area contributed by atoms with Crippen molar-refractivity contribution in [1.82, 2.24) is 20.9 Å². The normalized spacial score (nSPS) is 10.9. The van der Waals surface area contributed by atoms with Crippen LogP contribution in [0.4, 0.5) is 21.0 Å². The van der Waals surface area contributed by atoms with E-state index in [-0.39, 0.29) is 49.9 Å². The van der Waals surface area contributed by atoms with Crippen molar-refractivity contribution in [3.05, 3.63) is 123 Å². The van der Waals surface area contributed by atoms with Crippen molar-refractivity contribution in [1.29, 1.82) is 0 Å². The molecule has 19 heteroatoms. The van der Waals surface area contributed by atoms with Gasteiger partial charge < -0.3 is 50.8 Å². The third-order valence-electron chi connectivity index (χ3n) is 9.20. The maximum Gasteiger partial charge on any atom is 0.514 e. The Morgan fingerprint density at radius 1 is 0.940 bits per heavy atom. The predicted octanol–water partition coefficient (Wildman–Crippen LogP) is 5.64. The van der Waals surface area contributed by atoms with Gasteiger partial charge in [0.1, 0.15) is 38.2 Å². The lowest BCUT2D eigenvalue weighted by atomic mass is 9.98. The van der Waals surface area contributed by atoms with Gasteiger partial charge in [-0.3, -0.25) is 29.3 Å². The summed E-state index contributed by atoms with van der Waals surface area (Å²) in [5.74, 6) is 1.09. The van der Waals surface area contributed by atoms with Gasteiger partial charge in [0, 0.05) is 44.4 Å². The number of carbonyl (C=O) groups excluding carboxylic acids is 6. The number of nitro benzene ring substituents is 1. The third kappa shape index (κ3) is 19.4. The number of non-ortho nitro benzene ring substituents is 1. The van der Waals surface area contributed by atoms with Crippen LogP contribution in [0, 0.1) is 22.5 Å². The minimum atomic E-state index is -1.06. The molecule has 19 nitrogen and oxygen atoms in total. The maximum atomic E-state index is 13.5. The van der Waals surface area contributed by atoms with E-state index in [4.69, 9.17) is 25.4 Å². The Labute approximate surface area is 390 Å². The zero-order valence-electron chi connectivity index (χ0n) is 38.3. The second kappa shape index (κ2) is 31.1. The van der Waals surface area contributed by atoms with Crippen LogP contribution in [0.5, 0.6) is 5.75 Å². The largest absolute Gasteiger partial charge is 0.514 e. The smallest absolute Gasteiger partial charge is 0.449 e. The van der Waals surface area contributed by atoms with E-state index < -0.39 is 41.6 Å². The lowest BCUT2D eigenvalue weighted by molar-refractivity contribution is -0.384. The van der Waals surface area contributed by atoms with E-state index in [1.807, 2.05) is 48.5 Å². The van der Waals surface area contributed by atoms with Gasteiger partial charge in [-0.05, 0) is 84.1 Å². The number of fused-ring (bicyclic) bond motifs is 3. The van der Waals surface area contributed by atoms with Gasteiger partial charge in [0.15, 0.2) is 0 Å². The summed E-state index contributed by atoms with van der Waals surface area (Å²) < 4.78 is 20.3. The van der Waals surface area contributed by atoms with Crippen molar-refractivity contribution in [2.24, 2.45) is 5.73 Å². The van der Waals surface area contributed by atoms with Gasteiger partial charge in [-0.2, -0.15) is 0 Å². The van der Waals surface area contributed by atoms with Crippen LogP contribution in [0.2, 0.25) is 0 Å². The number of terminal acetylenes is 1. The fourth-order valence-electron chi connectivity index (χ4n) is 6.31. The molecule has 67 heavy (non-hydrogen) atoms. The molecule has 0 saturated heterocycles. The molecule has 0 aromatic heterocycles. The summed E-state index contributed by atoms with van der Waals surface area (Å²) in [5.41, 5.74) is 9.70. The Morgan fingerprint density at radius 3 is 2.09 bits per heavy atom. The first-order valence-electron chi connectivity index (χ1n) is 21.1. The number of alkyl carbamates (subject to hydrolysis) is 1. The number of hydrogen-bond acceptors (Lipinski definition) is 13. The molecule has 6 N–H and O–H groups in total. The van der Waals surface area contributed by atoms with E-state index in [9.17, 15) is 34.1 Å². The molecule has 0 spiro atoms. The Hall–Kier alpha value is -7.82. The first-order valence-corrected chi connectivity index (χ1v) is 21.1. The molecule has 0 bridgehead atoms. The molecule has 5 amide bonds. The van der Waals surface area contributed by atoms with E-state index in [0.29, 0.717) is 42.8 Å². The second-order valence-corrected chi connectivity index (χ2v) is 14.4. The zero-order valence-corrected chi connectivity index (χ0v) is 38.3. The minimum absolute atomic E-state index is 0.0453. The summed E-state index contributed by atoms with van der Waals surface area (Å²) >= 11 is 0. The second-order valence-electron chi connectivity index (χ2n) is 14.4. The molecule has 0 aliphatic heterocycles. The highest BCUT2D eigenvalue weighted by Crippen LogP contribution is 2.44. The number of nitro groups is 1. The number of amides is 5. The molecule has 0 heterocycles. The molecule has 1 aliphatic rings. The van der Waals surface area contributed by atoms with E-state index in [1.165, 1.54) is 35.6 Å². The maximum absolute atomic E-state index is 13.5. The van der Waals surface area contributed by atoms with E-state index in [2.05, 4.69) is 51.5 Å². The van der Waals surface area contributed by atoms with Gasteiger partial charge in [-0.1, -0.05) is 80.8 Å². The summed E-state index contributed by atoms with van der Waals surface area (Å²) in [7, 11) is 4.89. The van der Waals surface area contributed by atoms with E-state index >= 15 is 0 Å². The molecule has 0 saturated carbocycles. The number of nitrogens with two attached hydrogens (primary N) is 1. The van der Waals surface area contributed by atoms with Crippen molar-refractivity contribution < 1.29 is 52.6 Å². The van der Waals surface area contributed by atoms with Crippen LogP contribution in [0.25, 0.3) is 11.1 Å². The lowest BCUT2D eigenvalue weighted by Crippen LogP contribution is -2.47. The molecule has 1 aliphatic carbocycles. The summed E-state index contributed by atoms with van der Waals surface area (Å²) in [6, 6.07) is 24.6. The highest BCUT2D eigenvalue weighted by atomic mass is 16.7. The van der Waals surface area contributed by atoms with Gasteiger partial charge in [-0.15, -0.1) is 6.42 Å². The van der Waals surface area contributed by atoms with Crippen LogP contribution in [0.1, 0.15) is 61.3 Å². The molecule has 4 aromatic rings. The van der Waals surface area contributed by atoms with Crippen molar-refractivity contribution in [3.63, 3.8) is 0 Å². The fourth-order valence-corrected chi connectivity index (χ4v) is 6.31. The monoisotopic (exact) mass is 925 g/mol. The predicted molar refractivity (Wildman–Crippen MR) is 252 cm³/mol. The quantitative estimate of drug-likeness (QED) is 0.0145. The molecule has 1 atom stereocenters. The molecule has 5 rings (SSSR count). The molecule has 4 aromatic carbocycles. The van der Waals surface area contributed by atoms with Crippen LogP contribution in [-0.4, -0.2) is 100 Å². The Morgan fingerprint density at radius 2 is 1.55 bits per heavy atom. The third-order valence-corrected chi connectivity index (χ3v) is 9.20. The number of nitrogens with zero attached hydrogens (tertiary/aromatic N) is 2. The van der Waals surface area contributed by atoms with E-state index in [1.54, 1.807) is 39.4 Å². The first-order chi connectivity index (χ1) is 32.3. The molecular weight excluding hydrogens is 867 g/mol. The van der Waals surface area contributed by atoms with E-state index in [0.717, 1.165) is 22.3 Å². The summed E-state index contributed by atoms with van der Waals surface area (Å²) in [4.78, 5) is 83.2. The van der Waals surface area contributed by atoms with Gasteiger partial charge in [0.25, 0.3) is 5.69 Å². The molecule has 358 valence electrons. The molecule has 1 unspecified atom stereocenters. The van der Waals surface area contributed by atoms with Crippen LogP contribution >= 0.6 is 0 Å². The Balaban J connectivity index is 0.00000127. The Bertz CT molecular complexity index is 2220. The standard InChI is InChI=1S/C40H42N6O10.C4H6O.C3H8.CH3NO/c1-41-19-7-12-36(44-37(48)21-42-39(50)54-24-35-33-10-5-3-8-31(33)32-9-4-6-11-34(32)35)38(49)43-28-14-13-26(27(20-28)22-45(2)25-47)23-55-40(51)56-30-17-15-29(16-18-30)46(52)53;1-3-4-5-2;1-3-2;2-1-3/h3-6,8-11,13-18,20,25,35-36,41H,7,12,19,21-24H2,1-2H3,(H,42,50)(H,43,49)(H,44,48);1H,4H2,2H3;3H2,1-2H3;1H,(H2,2,3). The Kier molecular flexibility index (Phi) is 25.7. The average molecular weight is 926 g/mol. The van der Waals surface area contributed by atoms with Gasteiger partial charge in [0.2, 0.25) is 24.6 Å². The van der Waals surface area contributed by atoms with Crippen LogP contribution in [0.3, 0.4) is 0 Å². The number of ether oxygens (including phenoxy) is 4. The topological polar surface area (TPSA) is 260 Å². The summed E-state index contributed by atoms with van der Waals surface area (Å²) in [6.07, 6.45) is 5.89. The van der Waals surface area contributed by atoms with Crippen LogP contribution in [-0.2, 0) is 46.5 Å². The minimum Gasteiger partial charge on any atom is -0.449 e. The van der Waals surface area contributed by atoms with Crippen molar-refractivity contribution >= 4 is 48.3 Å². The summed E-state index contributed by atoms with van der Waals surface area (Å²) in [6.45, 7) is 4.77.